The van der Waals surface area contributed by atoms with Gasteiger partial charge in [-0.2, -0.15) is 0 Å². The van der Waals surface area contributed by atoms with E-state index in [0.717, 1.165) is 12.5 Å². The molecule has 0 N–H and O–H groups in total. The second kappa shape index (κ2) is 5.31. The molecule has 1 unspecified atom stereocenters. The summed E-state index contributed by atoms with van der Waals surface area (Å²) in [6.07, 6.45) is 2.53. The Labute approximate surface area is 98.8 Å². The average Bonchev–Trinajstić information content (AvgIpc) is 2.66. The maximum absolute atomic E-state index is 4.01. The van der Waals surface area contributed by atoms with Gasteiger partial charge in [-0.1, -0.05) is 35.9 Å². The Kier molecular flexibility index (Phi) is 3.79. The highest BCUT2D eigenvalue weighted by atomic mass is 15.1. The molecule has 1 aliphatic rings. The fraction of sp³-hybridized carbons (Fsp3) is 0.467. The number of allylic oxidation sites excluding steroid dienone is 1. The summed E-state index contributed by atoms with van der Waals surface area (Å²) in [5.74, 6) is 0.834. The molecular formula is C15H21N. The van der Waals surface area contributed by atoms with Crippen molar-refractivity contribution in [2.75, 3.05) is 13.1 Å². The summed E-state index contributed by atoms with van der Waals surface area (Å²) in [4.78, 5) is 2.56. The van der Waals surface area contributed by atoms with Crippen LogP contribution in [0.25, 0.3) is 0 Å². The van der Waals surface area contributed by atoms with Crippen LogP contribution >= 0.6 is 0 Å². The number of hydrogen-bond donors (Lipinski definition) is 0. The van der Waals surface area contributed by atoms with E-state index in [9.17, 15) is 0 Å². The summed E-state index contributed by atoms with van der Waals surface area (Å²) in [6, 6.07) is 10.8. The molecule has 2 rings (SSSR count). The molecule has 1 atom stereocenters. The van der Waals surface area contributed by atoms with E-state index >= 15 is 0 Å². The van der Waals surface area contributed by atoms with Crippen molar-refractivity contribution in [3.8, 4) is 0 Å². The van der Waals surface area contributed by atoms with Crippen molar-refractivity contribution in [2.45, 2.75) is 26.3 Å². The first-order chi connectivity index (χ1) is 7.74. The van der Waals surface area contributed by atoms with Gasteiger partial charge in [0.05, 0.1) is 0 Å². The van der Waals surface area contributed by atoms with Gasteiger partial charge < -0.3 is 0 Å². The zero-order valence-electron chi connectivity index (χ0n) is 10.2. The number of nitrogens with zero attached hydrogens (tertiary/aromatic N) is 1. The van der Waals surface area contributed by atoms with Crippen LogP contribution in [-0.2, 0) is 6.54 Å². The average molecular weight is 215 g/mol. The van der Waals surface area contributed by atoms with E-state index in [4.69, 9.17) is 0 Å². The van der Waals surface area contributed by atoms with Crippen molar-refractivity contribution >= 4 is 0 Å². The Bertz CT molecular complexity index is 342. The lowest BCUT2D eigenvalue weighted by Gasteiger charge is -2.16. The van der Waals surface area contributed by atoms with Gasteiger partial charge in [0, 0.05) is 13.1 Å². The highest BCUT2D eigenvalue weighted by molar-refractivity contribution is 5.14. The molecule has 0 saturated carbocycles. The minimum Gasteiger partial charge on any atom is -0.299 e. The molecule has 1 nitrogen and oxygen atoms in total. The van der Waals surface area contributed by atoms with Crippen LogP contribution in [0, 0.1) is 5.92 Å². The number of hydrogen-bond acceptors (Lipinski definition) is 1. The molecule has 1 aliphatic heterocycles. The second-order valence-corrected chi connectivity index (χ2v) is 5.04. The van der Waals surface area contributed by atoms with Crippen LogP contribution in [0.4, 0.5) is 0 Å². The lowest BCUT2D eigenvalue weighted by Crippen LogP contribution is -2.20. The first-order valence-corrected chi connectivity index (χ1v) is 6.14. The molecule has 0 aliphatic carbocycles. The SMILES string of the molecule is C=C(C)CC1CCN(Cc2ccccc2)C1. The first kappa shape index (κ1) is 11.4. The van der Waals surface area contributed by atoms with Crippen LogP contribution in [0.1, 0.15) is 25.3 Å². The third kappa shape index (κ3) is 3.21. The van der Waals surface area contributed by atoms with Crippen molar-refractivity contribution in [1.82, 2.24) is 4.90 Å². The van der Waals surface area contributed by atoms with Crippen molar-refractivity contribution in [1.29, 1.82) is 0 Å². The van der Waals surface area contributed by atoms with Gasteiger partial charge in [-0.15, -0.1) is 6.58 Å². The third-order valence-electron chi connectivity index (χ3n) is 3.26. The van der Waals surface area contributed by atoms with Crippen LogP contribution in [0.15, 0.2) is 42.5 Å². The van der Waals surface area contributed by atoms with E-state index in [-0.39, 0.29) is 0 Å². The Morgan fingerprint density at radius 3 is 2.81 bits per heavy atom. The van der Waals surface area contributed by atoms with Crippen LogP contribution in [0.2, 0.25) is 0 Å². The molecule has 1 fully saturated rings. The first-order valence-electron chi connectivity index (χ1n) is 6.14. The summed E-state index contributed by atoms with van der Waals surface area (Å²) in [5, 5.41) is 0. The normalized spacial score (nSPS) is 21.2. The predicted octanol–water partition coefficient (Wildman–Crippen LogP) is 3.47. The smallest absolute Gasteiger partial charge is 0.0233 e. The molecule has 0 spiro atoms. The van der Waals surface area contributed by atoms with E-state index in [1.54, 1.807) is 0 Å². The summed E-state index contributed by atoms with van der Waals surface area (Å²) in [5.41, 5.74) is 2.75. The van der Waals surface area contributed by atoms with Crippen LogP contribution in [0.3, 0.4) is 0 Å². The monoisotopic (exact) mass is 215 g/mol. The van der Waals surface area contributed by atoms with E-state index in [1.807, 2.05) is 0 Å². The minimum absolute atomic E-state index is 0.834. The zero-order chi connectivity index (χ0) is 11.4. The van der Waals surface area contributed by atoms with Gasteiger partial charge in [-0.3, -0.25) is 4.90 Å². The topological polar surface area (TPSA) is 3.24 Å². The number of likely N-dealkylation sites (tertiary alicyclic amines) is 1. The molecule has 1 heteroatoms. The molecule has 0 radical (unpaired) electrons. The molecule has 0 amide bonds. The maximum atomic E-state index is 4.01. The van der Waals surface area contributed by atoms with Gasteiger partial charge in [0.2, 0.25) is 0 Å². The number of rotatable bonds is 4. The van der Waals surface area contributed by atoms with Crippen molar-refractivity contribution in [3.05, 3.63) is 48.0 Å². The van der Waals surface area contributed by atoms with Crippen LogP contribution in [0.5, 0.6) is 0 Å². The summed E-state index contributed by atoms with van der Waals surface area (Å²) < 4.78 is 0. The standard InChI is InChI=1S/C15H21N/c1-13(2)10-15-8-9-16(12-15)11-14-6-4-3-5-7-14/h3-7,15H,1,8-12H2,2H3. The quantitative estimate of drug-likeness (QED) is 0.695. The van der Waals surface area contributed by atoms with Gasteiger partial charge in [-0.05, 0) is 37.8 Å². The minimum atomic E-state index is 0.834. The fourth-order valence-corrected chi connectivity index (χ4v) is 2.56. The fourth-order valence-electron chi connectivity index (χ4n) is 2.56. The molecule has 1 aromatic carbocycles. The lowest BCUT2D eigenvalue weighted by molar-refractivity contribution is 0.316. The third-order valence-corrected chi connectivity index (χ3v) is 3.26. The van der Waals surface area contributed by atoms with Crippen LogP contribution in [-0.4, -0.2) is 18.0 Å². The highest BCUT2D eigenvalue weighted by Gasteiger charge is 2.21. The van der Waals surface area contributed by atoms with Gasteiger partial charge >= 0.3 is 0 Å². The maximum Gasteiger partial charge on any atom is 0.0233 e. The van der Waals surface area contributed by atoms with Crippen molar-refractivity contribution in [3.63, 3.8) is 0 Å². The largest absolute Gasteiger partial charge is 0.299 e. The molecule has 16 heavy (non-hydrogen) atoms. The van der Waals surface area contributed by atoms with E-state index in [1.165, 1.54) is 37.1 Å². The molecule has 0 bridgehead atoms. The molecule has 0 aromatic heterocycles. The van der Waals surface area contributed by atoms with Gasteiger partial charge in [-0.25, -0.2) is 0 Å². The van der Waals surface area contributed by atoms with Gasteiger partial charge in [0.1, 0.15) is 0 Å². The summed E-state index contributed by atoms with van der Waals surface area (Å²) in [7, 11) is 0. The van der Waals surface area contributed by atoms with Gasteiger partial charge in [0.15, 0.2) is 0 Å². The van der Waals surface area contributed by atoms with Crippen molar-refractivity contribution < 1.29 is 0 Å². The Morgan fingerprint density at radius 1 is 1.38 bits per heavy atom. The zero-order valence-corrected chi connectivity index (χ0v) is 10.2. The van der Waals surface area contributed by atoms with E-state index < -0.39 is 0 Å². The van der Waals surface area contributed by atoms with E-state index in [0.29, 0.717) is 0 Å². The highest BCUT2D eigenvalue weighted by Crippen LogP contribution is 2.23. The Balaban J connectivity index is 1.83. The van der Waals surface area contributed by atoms with Crippen LogP contribution < -0.4 is 0 Å². The molecule has 1 heterocycles. The Morgan fingerprint density at radius 2 is 2.12 bits per heavy atom. The molecular weight excluding hydrogens is 194 g/mol. The molecule has 86 valence electrons. The summed E-state index contributed by atoms with van der Waals surface area (Å²) in [6.45, 7) is 9.73. The second-order valence-electron chi connectivity index (χ2n) is 5.04. The molecule has 1 aromatic rings. The predicted molar refractivity (Wildman–Crippen MR) is 69.3 cm³/mol. The number of benzene rings is 1. The van der Waals surface area contributed by atoms with Crippen molar-refractivity contribution in [2.24, 2.45) is 5.92 Å². The molecule has 1 saturated heterocycles. The van der Waals surface area contributed by atoms with Gasteiger partial charge in [0.25, 0.3) is 0 Å². The lowest BCUT2D eigenvalue weighted by atomic mass is 10.0. The Hall–Kier alpha value is -1.08. The summed E-state index contributed by atoms with van der Waals surface area (Å²) >= 11 is 0. The van der Waals surface area contributed by atoms with E-state index in [2.05, 4.69) is 48.7 Å².